The lowest BCUT2D eigenvalue weighted by Gasteiger charge is -2.29. The van der Waals surface area contributed by atoms with E-state index in [1.165, 1.54) is 10.8 Å². The maximum Gasteiger partial charge on any atom is 0.281 e. The molecule has 0 radical (unpaired) electrons. The summed E-state index contributed by atoms with van der Waals surface area (Å²) >= 11 is 0. The Morgan fingerprint density at radius 2 is 1.82 bits per heavy atom. The average molecular weight is 601 g/mol. The lowest BCUT2D eigenvalue weighted by Crippen LogP contribution is -2.34. The molecule has 1 unspecified atom stereocenters. The maximum absolute atomic E-state index is 15.4. The summed E-state index contributed by atoms with van der Waals surface area (Å²) in [5.74, 6) is -1.17. The van der Waals surface area contributed by atoms with Crippen molar-refractivity contribution in [1.29, 1.82) is 0 Å². The van der Waals surface area contributed by atoms with Crippen LogP contribution in [-0.2, 0) is 23.9 Å². The fourth-order valence-corrected chi connectivity index (χ4v) is 6.41. The standard InChI is InChI=1S/C33H37FN6O4/c1-32(2,3)20-6-7-22-23(15-20)27(34)37-40(30(22)43)28-24(18-41)21(8-11-35-28)19-14-26(31(44)39(5)17-19)36-29(42)25-16-33(25)9-12-38(4)13-10-33/h6-8,11,14-15,17,25,41H,9-10,12-13,16,18H2,1-5H3,(H,36,42). The first-order chi connectivity index (χ1) is 20.8. The van der Waals surface area contributed by atoms with Crippen LogP contribution in [-0.4, -0.2) is 55.4 Å². The van der Waals surface area contributed by atoms with Crippen molar-refractivity contribution < 1.29 is 14.3 Å². The second-order valence-corrected chi connectivity index (χ2v) is 13.3. The number of likely N-dealkylation sites (tertiary alicyclic amines) is 1. The number of nitrogens with zero attached hydrogens (tertiary/aromatic N) is 5. The van der Waals surface area contributed by atoms with E-state index in [1.807, 2.05) is 20.8 Å². The summed E-state index contributed by atoms with van der Waals surface area (Å²) in [6.45, 7) is 7.35. The molecule has 10 nitrogen and oxygen atoms in total. The van der Waals surface area contributed by atoms with Crippen molar-refractivity contribution in [2.24, 2.45) is 18.4 Å². The molecule has 11 heteroatoms. The SMILES string of the molecule is CN1CCC2(CC1)CC2C(=O)Nc1cc(-c2ccnc(-n3nc(F)c4cc(C(C)(C)C)ccc4c3=O)c2CO)cn(C)c1=O. The number of aromatic nitrogens is 4. The lowest BCUT2D eigenvalue weighted by atomic mass is 9.86. The summed E-state index contributed by atoms with van der Waals surface area (Å²) in [7, 11) is 3.66. The number of aryl methyl sites for hydroxylation is 1. The molecule has 2 aliphatic rings. The Morgan fingerprint density at radius 3 is 2.50 bits per heavy atom. The van der Waals surface area contributed by atoms with Crippen molar-refractivity contribution in [3.05, 3.63) is 80.5 Å². The Morgan fingerprint density at radius 1 is 1.09 bits per heavy atom. The van der Waals surface area contributed by atoms with Crippen molar-refractivity contribution in [3.63, 3.8) is 0 Å². The highest BCUT2D eigenvalue weighted by molar-refractivity contribution is 5.95. The zero-order chi connectivity index (χ0) is 31.6. The molecule has 4 heterocycles. The summed E-state index contributed by atoms with van der Waals surface area (Å²) in [4.78, 5) is 46.4. The van der Waals surface area contributed by atoms with E-state index in [-0.39, 0.29) is 56.1 Å². The van der Waals surface area contributed by atoms with E-state index >= 15 is 4.39 Å². The maximum atomic E-state index is 15.4. The predicted molar refractivity (Wildman–Crippen MR) is 166 cm³/mol. The van der Waals surface area contributed by atoms with Crippen LogP contribution < -0.4 is 16.4 Å². The van der Waals surface area contributed by atoms with Crippen molar-refractivity contribution >= 4 is 22.4 Å². The largest absolute Gasteiger partial charge is 0.392 e. The number of anilines is 1. The Kier molecular flexibility index (Phi) is 7.28. The van der Waals surface area contributed by atoms with Gasteiger partial charge in [0, 0.05) is 41.9 Å². The summed E-state index contributed by atoms with van der Waals surface area (Å²) in [5, 5.41) is 17.5. The van der Waals surface area contributed by atoms with Gasteiger partial charge in [0.2, 0.25) is 11.9 Å². The number of hydrogen-bond acceptors (Lipinski definition) is 7. The Balaban J connectivity index is 1.38. The van der Waals surface area contributed by atoms with Gasteiger partial charge < -0.3 is 19.9 Å². The van der Waals surface area contributed by atoms with Crippen LogP contribution in [0.2, 0.25) is 0 Å². The number of pyridine rings is 2. The summed E-state index contributed by atoms with van der Waals surface area (Å²) in [5.41, 5.74) is 0.961. The third-order valence-electron chi connectivity index (χ3n) is 9.35. The van der Waals surface area contributed by atoms with E-state index in [2.05, 4.69) is 27.3 Å². The minimum atomic E-state index is -0.837. The Bertz CT molecular complexity index is 1920. The molecule has 3 aromatic heterocycles. The van der Waals surface area contributed by atoms with E-state index in [0.717, 1.165) is 42.6 Å². The number of amides is 1. The number of fused-ring (bicyclic) bond motifs is 1. The molecular weight excluding hydrogens is 563 g/mol. The van der Waals surface area contributed by atoms with Crippen LogP contribution in [0.25, 0.3) is 27.7 Å². The first-order valence-corrected chi connectivity index (χ1v) is 14.9. The molecular formula is C33H37FN6O4. The molecule has 4 aromatic rings. The quantitative estimate of drug-likeness (QED) is 0.358. The molecule has 1 amide bonds. The number of hydrogen-bond donors (Lipinski definition) is 2. The molecule has 44 heavy (non-hydrogen) atoms. The van der Waals surface area contributed by atoms with Gasteiger partial charge in [0.15, 0.2) is 5.82 Å². The van der Waals surface area contributed by atoms with Crippen LogP contribution in [0.15, 0.2) is 52.3 Å². The van der Waals surface area contributed by atoms with E-state index < -0.39 is 18.1 Å². The second-order valence-electron chi connectivity index (χ2n) is 13.3. The highest BCUT2D eigenvalue weighted by Crippen LogP contribution is 2.59. The van der Waals surface area contributed by atoms with Gasteiger partial charge in [-0.2, -0.15) is 9.07 Å². The van der Waals surface area contributed by atoms with Crippen molar-refractivity contribution in [2.75, 3.05) is 25.5 Å². The van der Waals surface area contributed by atoms with Gasteiger partial charge in [-0.1, -0.05) is 26.8 Å². The summed E-state index contributed by atoms with van der Waals surface area (Å²) in [6, 6.07) is 8.21. The number of rotatable bonds is 5. The fourth-order valence-electron chi connectivity index (χ4n) is 6.41. The van der Waals surface area contributed by atoms with Gasteiger partial charge in [0.25, 0.3) is 11.1 Å². The number of aliphatic hydroxyl groups is 1. The molecule has 2 fully saturated rings. The first-order valence-electron chi connectivity index (χ1n) is 14.9. The Hall–Kier alpha value is -4.22. The highest BCUT2D eigenvalue weighted by atomic mass is 19.1. The van der Waals surface area contributed by atoms with Gasteiger partial charge in [-0.15, -0.1) is 5.10 Å². The van der Waals surface area contributed by atoms with E-state index in [4.69, 9.17) is 0 Å². The van der Waals surface area contributed by atoms with Crippen molar-refractivity contribution in [3.8, 4) is 16.9 Å². The molecule has 1 spiro atoms. The minimum Gasteiger partial charge on any atom is -0.392 e. The Labute approximate surface area is 254 Å². The number of halogens is 1. The summed E-state index contributed by atoms with van der Waals surface area (Å²) in [6.07, 6.45) is 5.74. The number of piperidine rings is 1. The molecule has 6 rings (SSSR count). The topological polar surface area (TPSA) is 122 Å². The molecule has 2 N–H and O–H groups in total. The second kappa shape index (κ2) is 10.7. The van der Waals surface area contributed by atoms with Crippen molar-refractivity contribution in [1.82, 2.24) is 24.2 Å². The zero-order valence-electron chi connectivity index (χ0n) is 25.6. The van der Waals surface area contributed by atoms with Gasteiger partial charge in [0.1, 0.15) is 5.69 Å². The van der Waals surface area contributed by atoms with Gasteiger partial charge in [-0.25, -0.2) is 4.98 Å². The van der Waals surface area contributed by atoms with Crippen LogP contribution in [0.3, 0.4) is 0 Å². The third kappa shape index (κ3) is 5.13. The molecule has 1 atom stereocenters. The smallest absolute Gasteiger partial charge is 0.281 e. The number of aliphatic hydroxyl groups excluding tert-OH is 1. The van der Waals surface area contributed by atoms with Gasteiger partial charge in [-0.05, 0) is 85.6 Å². The third-order valence-corrected chi connectivity index (χ3v) is 9.35. The van der Waals surface area contributed by atoms with Crippen LogP contribution in [0.4, 0.5) is 10.1 Å². The van der Waals surface area contributed by atoms with Crippen LogP contribution in [0.1, 0.15) is 51.2 Å². The zero-order valence-corrected chi connectivity index (χ0v) is 25.6. The molecule has 1 aliphatic heterocycles. The predicted octanol–water partition coefficient (Wildman–Crippen LogP) is 3.75. The average Bonchev–Trinajstić information content (AvgIpc) is 3.71. The molecule has 1 saturated heterocycles. The monoisotopic (exact) mass is 600 g/mol. The molecule has 230 valence electrons. The number of carbonyl (C=O) groups excluding carboxylic acids is 1. The summed E-state index contributed by atoms with van der Waals surface area (Å²) < 4.78 is 17.6. The van der Waals surface area contributed by atoms with Crippen LogP contribution in [0, 0.1) is 17.3 Å². The van der Waals surface area contributed by atoms with E-state index in [9.17, 15) is 19.5 Å². The van der Waals surface area contributed by atoms with Crippen LogP contribution in [0.5, 0.6) is 0 Å². The molecule has 1 aromatic carbocycles. The number of nitrogens with one attached hydrogen (secondary N) is 1. The normalized spacial score (nSPS) is 18.1. The minimum absolute atomic E-state index is 0.00714. The number of benzene rings is 1. The van der Waals surface area contributed by atoms with Crippen molar-refractivity contribution in [2.45, 2.75) is 52.1 Å². The highest BCUT2D eigenvalue weighted by Gasteiger charge is 2.58. The molecule has 1 saturated carbocycles. The van der Waals surface area contributed by atoms with E-state index in [0.29, 0.717) is 11.1 Å². The first kappa shape index (κ1) is 29.8. The molecule has 1 aliphatic carbocycles. The fraction of sp³-hybridized carbons (Fsp3) is 0.424. The van der Waals surface area contributed by atoms with Gasteiger partial charge in [-0.3, -0.25) is 14.4 Å². The van der Waals surface area contributed by atoms with E-state index in [1.54, 1.807) is 43.6 Å². The van der Waals surface area contributed by atoms with Gasteiger partial charge in [0.05, 0.1) is 12.0 Å². The van der Waals surface area contributed by atoms with Crippen LogP contribution >= 0.6 is 0 Å². The lowest BCUT2D eigenvalue weighted by molar-refractivity contribution is -0.118. The molecule has 0 bridgehead atoms. The number of carbonyl (C=O) groups is 1. The van der Waals surface area contributed by atoms with Gasteiger partial charge >= 0.3 is 0 Å².